The van der Waals surface area contributed by atoms with Crippen molar-refractivity contribution in [2.75, 3.05) is 20.2 Å². The fourth-order valence-electron chi connectivity index (χ4n) is 1.83. The lowest BCUT2D eigenvalue weighted by atomic mass is 10.3. The summed E-state index contributed by atoms with van der Waals surface area (Å²) in [5.41, 5.74) is 0. The number of aromatic amines is 1. The highest BCUT2D eigenvalue weighted by atomic mass is 16.5. The predicted molar refractivity (Wildman–Crippen MR) is 79.3 cm³/mol. The van der Waals surface area contributed by atoms with Crippen molar-refractivity contribution in [2.24, 2.45) is 0 Å². The number of hydrogen-bond donors (Lipinski definition) is 1. The van der Waals surface area contributed by atoms with Crippen LogP contribution in [-0.4, -0.2) is 46.2 Å². The van der Waals surface area contributed by atoms with Crippen molar-refractivity contribution in [3.63, 3.8) is 0 Å². The van der Waals surface area contributed by atoms with E-state index >= 15 is 0 Å². The lowest BCUT2D eigenvalue weighted by Gasteiger charge is -2.15. The van der Waals surface area contributed by atoms with Gasteiger partial charge in [0, 0.05) is 13.5 Å². The summed E-state index contributed by atoms with van der Waals surface area (Å²) in [5, 5.41) is 6.74. The van der Waals surface area contributed by atoms with Crippen LogP contribution >= 0.6 is 0 Å². The van der Waals surface area contributed by atoms with Gasteiger partial charge >= 0.3 is 0 Å². The first kappa shape index (κ1) is 15.0. The maximum atomic E-state index is 12.1. The molecule has 1 N–H and O–H groups in total. The van der Waals surface area contributed by atoms with Gasteiger partial charge in [-0.15, -0.1) is 5.10 Å². The van der Waals surface area contributed by atoms with Crippen molar-refractivity contribution in [2.45, 2.75) is 19.8 Å². The summed E-state index contributed by atoms with van der Waals surface area (Å²) in [6.07, 6.45) is 1.75. The second-order valence-electron chi connectivity index (χ2n) is 4.74. The summed E-state index contributed by atoms with van der Waals surface area (Å²) in [6.45, 7) is 2.96. The van der Waals surface area contributed by atoms with Crippen LogP contribution < -0.4 is 4.74 Å². The lowest BCUT2D eigenvalue weighted by Crippen LogP contribution is -2.31. The van der Waals surface area contributed by atoms with Crippen LogP contribution in [0.5, 0.6) is 5.75 Å². The monoisotopic (exact) mass is 288 g/mol. The fraction of sp³-hybridized carbons (Fsp3) is 0.400. The van der Waals surface area contributed by atoms with Crippen LogP contribution in [0.4, 0.5) is 0 Å². The average Bonchev–Trinajstić information content (AvgIpc) is 2.96. The zero-order valence-corrected chi connectivity index (χ0v) is 12.4. The van der Waals surface area contributed by atoms with Crippen molar-refractivity contribution in [1.82, 2.24) is 20.1 Å². The molecule has 0 saturated heterocycles. The molecule has 1 heterocycles. The summed E-state index contributed by atoms with van der Waals surface area (Å²) >= 11 is 0. The standard InChI is InChI=1S/C15H20N4O2/c1-3-7-13-16-14(18-17-13)15(20)19(2)10-11-21-12-8-5-4-6-9-12/h4-6,8-9H,3,7,10-11H2,1-2H3,(H,16,17,18). The van der Waals surface area contributed by atoms with Gasteiger partial charge in [0.1, 0.15) is 18.2 Å². The Morgan fingerprint density at radius 1 is 1.33 bits per heavy atom. The Bertz CT molecular complexity index is 568. The third kappa shape index (κ3) is 4.30. The van der Waals surface area contributed by atoms with Crippen LogP contribution in [-0.2, 0) is 6.42 Å². The molecule has 112 valence electrons. The van der Waals surface area contributed by atoms with Gasteiger partial charge in [-0.2, -0.15) is 0 Å². The van der Waals surface area contributed by atoms with Gasteiger partial charge in [0.2, 0.25) is 5.82 Å². The van der Waals surface area contributed by atoms with Crippen LogP contribution in [0.3, 0.4) is 0 Å². The van der Waals surface area contributed by atoms with Crippen molar-refractivity contribution in [3.05, 3.63) is 42.0 Å². The van der Waals surface area contributed by atoms with E-state index in [9.17, 15) is 4.79 Å². The van der Waals surface area contributed by atoms with Crippen molar-refractivity contribution in [3.8, 4) is 5.75 Å². The first-order valence-electron chi connectivity index (χ1n) is 7.05. The molecule has 1 aromatic heterocycles. The third-order valence-electron chi connectivity index (χ3n) is 3.00. The second-order valence-corrected chi connectivity index (χ2v) is 4.74. The molecule has 0 aliphatic rings. The Morgan fingerprint density at radius 3 is 2.81 bits per heavy atom. The number of rotatable bonds is 7. The molecule has 0 bridgehead atoms. The number of amides is 1. The van der Waals surface area contributed by atoms with E-state index in [1.165, 1.54) is 0 Å². The summed E-state index contributed by atoms with van der Waals surface area (Å²) in [4.78, 5) is 17.9. The van der Waals surface area contributed by atoms with E-state index in [0.29, 0.717) is 13.2 Å². The molecule has 0 unspecified atom stereocenters. The molecule has 0 saturated carbocycles. The number of para-hydroxylation sites is 1. The molecular formula is C15H20N4O2. The molecule has 0 radical (unpaired) electrons. The van der Waals surface area contributed by atoms with Crippen LogP contribution in [0, 0.1) is 0 Å². The number of carbonyl (C=O) groups is 1. The van der Waals surface area contributed by atoms with E-state index < -0.39 is 0 Å². The third-order valence-corrected chi connectivity index (χ3v) is 3.00. The first-order valence-corrected chi connectivity index (χ1v) is 7.05. The largest absolute Gasteiger partial charge is 0.492 e. The van der Waals surface area contributed by atoms with Gasteiger partial charge in [0.25, 0.3) is 5.91 Å². The summed E-state index contributed by atoms with van der Waals surface area (Å²) in [7, 11) is 1.71. The van der Waals surface area contributed by atoms with Crippen molar-refractivity contribution < 1.29 is 9.53 Å². The van der Waals surface area contributed by atoms with E-state index in [1.54, 1.807) is 11.9 Å². The molecule has 2 rings (SSSR count). The smallest absolute Gasteiger partial charge is 0.293 e. The Kier molecular flexibility index (Phi) is 5.31. The maximum absolute atomic E-state index is 12.1. The number of ether oxygens (including phenoxy) is 1. The Balaban J connectivity index is 1.81. The zero-order valence-electron chi connectivity index (χ0n) is 12.4. The Hall–Kier alpha value is -2.37. The maximum Gasteiger partial charge on any atom is 0.293 e. The first-order chi connectivity index (χ1) is 10.2. The molecule has 0 atom stereocenters. The number of nitrogens with one attached hydrogen (secondary N) is 1. The zero-order chi connectivity index (χ0) is 15.1. The summed E-state index contributed by atoms with van der Waals surface area (Å²) in [6, 6.07) is 9.52. The van der Waals surface area contributed by atoms with Gasteiger partial charge in [0.05, 0.1) is 6.54 Å². The van der Waals surface area contributed by atoms with Crippen LogP contribution in [0.25, 0.3) is 0 Å². The number of hydrogen-bond acceptors (Lipinski definition) is 4. The molecule has 2 aromatic rings. The normalized spacial score (nSPS) is 10.4. The number of likely N-dealkylation sites (N-methyl/N-ethyl adjacent to an activating group) is 1. The second kappa shape index (κ2) is 7.42. The SMILES string of the molecule is CCCc1nc(C(=O)N(C)CCOc2ccccc2)n[nH]1. The summed E-state index contributed by atoms with van der Waals surface area (Å²) in [5.74, 6) is 1.54. The van der Waals surface area contributed by atoms with E-state index in [-0.39, 0.29) is 11.7 Å². The minimum atomic E-state index is -0.203. The molecule has 1 amide bonds. The van der Waals surface area contributed by atoms with Gasteiger partial charge < -0.3 is 9.64 Å². The molecular weight excluding hydrogens is 268 g/mol. The molecule has 0 spiro atoms. The molecule has 6 heteroatoms. The minimum Gasteiger partial charge on any atom is -0.492 e. The predicted octanol–water partition coefficient (Wildman–Crippen LogP) is 1.91. The minimum absolute atomic E-state index is 0.203. The van der Waals surface area contributed by atoms with Gasteiger partial charge in [-0.3, -0.25) is 9.89 Å². The van der Waals surface area contributed by atoms with Gasteiger partial charge in [0.15, 0.2) is 0 Å². The quantitative estimate of drug-likeness (QED) is 0.844. The molecule has 21 heavy (non-hydrogen) atoms. The number of aromatic nitrogens is 3. The Morgan fingerprint density at radius 2 is 2.10 bits per heavy atom. The summed E-state index contributed by atoms with van der Waals surface area (Å²) < 4.78 is 5.56. The molecule has 0 fully saturated rings. The Labute approximate surface area is 124 Å². The van der Waals surface area contributed by atoms with Crippen LogP contribution in [0.15, 0.2) is 30.3 Å². The number of aryl methyl sites for hydroxylation is 1. The fourth-order valence-corrected chi connectivity index (χ4v) is 1.83. The van der Waals surface area contributed by atoms with Gasteiger partial charge in [-0.25, -0.2) is 4.98 Å². The van der Waals surface area contributed by atoms with E-state index in [1.807, 2.05) is 30.3 Å². The van der Waals surface area contributed by atoms with Gasteiger partial charge in [-0.1, -0.05) is 25.1 Å². The number of carbonyl (C=O) groups excluding carboxylic acids is 1. The van der Waals surface area contributed by atoms with Crippen molar-refractivity contribution in [1.29, 1.82) is 0 Å². The number of nitrogens with zero attached hydrogens (tertiary/aromatic N) is 3. The van der Waals surface area contributed by atoms with E-state index in [4.69, 9.17) is 4.74 Å². The number of H-pyrrole nitrogens is 1. The van der Waals surface area contributed by atoms with Crippen LogP contribution in [0.2, 0.25) is 0 Å². The number of benzene rings is 1. The highest BCUT2D eigenvalue weighted by Crippen LogP contribution is 2.08. The lowest BCUT2D eigenvalue weighted by molar-refractivity contribution is 0.0762. The van der Waals surface area contributed by atoms with Crippen LogP contribution in [0.1, 0.15) is 29.8 Å². The molecule has 0 aliphatic carbocycles. The van der Waals surface area contributed by atoms with E-state index in [2.05, 4.69) is 22.1 Å². The molecule has 1 aromatic carbocycles. The van der Waals surface area contributed by atoms with Crippen molar-refractivity contribution >= 4 is 5.91 Å². The van der Waals surface area contributed by atoms with E-state index in [0.717, 1.165) is 24.4 Å². The average molecular weight is 288 g/mol. The highest BCUT2D eigenvalue weighted by molar-refractivity contribution is 5.90. The topological polar surface area (TPSA) is 71.1 Å². The van der Waals surface area contributed by atoms with Gasteiger partial charge in [-0.05, 0) is 18.6 Å². The molecule has 0 aliphatic heterocycles. The highest BCUT2D eigenvalue weighted by Gasteiger charge is 2.16. The molecule has 6 nitrogen and oxygen atoms in total.